The Morgan fingerprint density at radius 3 is 1.28 bits per heavy atom. The maximum atomic E-state index is 4.10. The first-order valence-electron chi connectivity index (χ1n) is 11.9. The normalized spacial score (nSPS) is 12.4. The molecule has 0 aliphatic carbocycles. The predicted molar refractivity (Wildman–Crippen MR) is 124 cm³/mol. The van der Waals surface area contributed by atoms with Gasteiger partial charge in [0, 0.05) is 0 Å². The molecule has 0 radical (unpaired) electrons. The first-order valence-corrected chi connectivity index (χ1v) is 14.7. The van der Waals surface area contributed by atoms with E-state index >= 15 is 0 Å². The van der Waals surface area contributed by atoms with Crippen molar-refractivity contribution in [3.05, 3.63) is 12.7 Å². The number of hydrogen-bond acceptors (Lipinski definition) is 0. The molecular weight excluding hydrogens is 319 g/mol. The summed E-state index contributed by atoms with van der Waals surface area (Å²) in [6.45, 7) is 11.1. The topological polar surface area (TPSA) is 0 Å². The van der Waals surface area contributed by atoms with Crippen LogP contribution in [-0.4, -0.2) is 24.6 Å². The second-order valence-electron chi connectivity index (χ2n) is 8.49. The van der Waals surface area contributed by atoms with Crippen LogP contribution in [-0.2, 0) is 0 Å². The van der Waals surface area contributed by atoms with Crippen molar-refractivity contribution in [2.75, 3.05) is 24.6 Å². The Morgan fingerprint density at radius 1 is 0.520 bits per heavy atom. The SMILES string of the molecule is C=CC[PH](CCCC)(CCCC)CCCCCCCCCCCCC. The molecule has 0 spiro atoms. The van der Waals surface area contributed by atoms with Gasteiger partial charge < -0.3 is 0 Å². The minimum atomic E-state index is -1.05. The zero-order valence-corrected chi connectivity index (χ0v) is 19.2. The second kappa shape index (κ2) is 18.9. The second-order valence-corrected chi connectivity index (χ2v) is 13.4. The average Bonchev–Trinajstić information content (AvgIpc) is 2.63. The van der Waals surface area contributed by atoms with E-state index in [1.54, 1.807) is 18.5 Å². The molecule has 0 saturated carbocycles. The fourth-order valence-electron chi connectivity index (χ4n) is 4.26. The van der Waals surface area contributed by atoms with Gasteiger partial charge in [-0.25, -0.2) is 0 Å². The Kier molecular flexibility index (Phi) is 19.1. The third-order valence-electron chi connectivity index (χ3n) is 6.01. The van der Waals surface area contributed by atoms with Crippen molar-refractivity contribution in [1.82, 2.24) is 0 Å². The zero-order chi connectivity index (χ0) is 18.6. The van der Waals surface area contributed by atoms with Gasteiger partial charge in [0.1, 0.15) is 0 Å². The molecule has 0 aromatic carbocycles. The Morgan fingerprint density at radius 2 is 0.880 bits per heavy atom. The van der Waals surface area contributed by atoms with Gasteiger partial charge >= 0.3 is 155 Å². The van der Waals surface area contributed by atoms with Gasteiger partial charge in [-0.3, -0.25) is 0 Å². The summed E-state index contributed by atoms with van der Waals surface area (Å²) in [6, 6.07) is 0. The van der Waals surface area contributed by atoms with E-state index in [9.17, 15) is 0 Å². The van der Waals surface area contributed by atoms with Crippen LogP contribution in [0.1, 0.15) is 117 Å². The molecule has 0 unspecified atom stereocenters. The van der Waals surface area contributed by atoms with Crippen LogP contribution < -0.4 is 0 Å². The van der Waals surface area contributed by atoms with Gasteiger partial charge in [0.25, 0.3) is 0 Å². The summed E-state index contributed by atoms with van der Waals surface area (Å²) in [5, 5.41) is 0. The summed E-state index contributed by atoms with van der Waals surface area (Å²) in [5.74, 6) is 0. The minimum Gasteiger partial charge on any atom is -0.0654 e. The molecule has 0 rings (SSSR count). The molecule has 152 valence electrons. The van der Waals surface area contributed by atoms with Gasteiger partial charge in [-0.2, -0.15) is 0 Å². The Bertz CT molecular complexity index is 263. The maximum absolute atomic E-state index is 4.10. The molecule has 25 heavy (non-hydrogen) atoms. The van der Waals surface area contributed by atoms with E-state index in [1.165, 1.54) is 102 Å². The van der Waals surface area contributed by atoms with Gasteiger partial charge in [0.2, 0.25) is 0 Å². The van der Waals surface area contributed by atoms with Crippen LogP contribution in [0.15, 0.2) is 12.7 Å². The standard InChI is InChI=1S/C24H51P/c1-5-9-12-13-14-15-16-17-18-19-20-24-25(21-8-4,22-10-6-2)23-11-7-3/h8,25H,4-7,9-24H2,1-3H3. The van der Waals surface area contributed by atoms with Crippen molar-refractivity contribution >= 4 is 7.26 Å². The Hall–Kier alpha value is 0.170. The quantitative estimate of drug-likeness (QED) is 0.114. The first-order chi connectivity index (χ1) is 12.2. The van der Waals surface area contributed by atoms with E-state index in [0.717, 1.165) is 0 Å². The molecule has 0 aromatic heterocycles. The van der Waals surface area contributed by atoms with E-state index < -0.39 is 7.26 Å². The summed E-state index contributed by atoms with van der Waals surface area (Å²) in [6.07, 6.45) is 30.1. The predicted octanol–water partition coefficient (Wildman–Crippen LogP) is 8.83. The van der Waals surface area contributed by atoms with Crippen LogP contribution in [0.2, 0.25) is 0 Å². The molecule has 1 heteroatoms. The molecule has 0 heterocycles. The molecule has 0 fully saturated rings. The average molecular weight is 371 g/mol. The van der Waals surface area contributed by atoms with Gasteiger partial charge in [0.15, 0.2) is 0 Å². The van der Waals surface area contributed by atoms with Gasteiger partial charge in [-0.05, 0) is 0 Å². The summed E-state index contributed by atoms with van der Waals surface area (Å²) < 4.78 is 0. The van der Waals surface area contributed by atoms with Crippen molar-refractivity contribution < 1.29 is 0 Å². The monoisotopic (exact) mass is 370 g/mol. The fraction of sp³-hybridized carbons (Fsp3) is 0.917. The number of rotatable bonds is 20. The van der Waals surface area contributed by atoms with Gasteiger partial charge in [-0.1, -0.05) is 6.92 Å². The molecule has 0 aliphatic rings. The number of allylic oxidation sites excluding steroid dienone is 1. The molecular formula is C24H51P. The van der Waals surface area contributed by atoms with E-state index in [-0.39, 0.29) is 0 Å². The molecule has 0 N–H and O–H groups in total. The molecule has 0 bridgehead atoms. The van der Waals surface area contributed by atoms with Gasteiger partial charge in [-0.15, -0.1) is 0 Å². The van der Waals surface area contributed by atoms with Crippen LogP contribution in [0.4, 0.5) is 0 Å². The van der Waals surface area contributed by atoms with E-state index in [1.807, 2.05) is 0 Å². The van der Waals surface area contributed by atoms with Crippen LogP contribution in [0.5, 0.6) is 0 Å². The zero-order valence-electron chi connectivity index (χ0n) is 18.2. The molecule has 0 amide bonds. The van der Waals surface area contributed by atoms with Gasteiger partial charge in [0.05, 0.1) is 0 Å². The fourth-order valence-corrected chi connectivity index (χ4v) is 9.44. The van der Waals surface area contributed by atoms with Crippen molar-refractivity contribution in [3.8, 4) is 0 Å². The first kappa shape index (κ1) is 25.2. The van der Waals surface area contributed by atoms with Crippen LogP contribution in [0.25, 0.3) is 0 Å². The molecule has 0 nitrogen and oxygen atoms in total. The Labute approximate surface area is 162 Å². The van der Waals surface area contributed by atoms with Crippen molar-refractivity contribution in [3.63, 3.8) is 0 Å². The van der Waals surface area contributed by atoms with Crippen molar-refractivity contribution in [2.24, 2.45) is 0 Å². The third-order valence-corrected chi connectivity index (χ3v) is 11.4. The molecule has 0 aromatic rings. The summed E-state index contributed by atoms with van der Waals surface area (Å²) in [5.41, 5.74) is 0. The van der Waals surface area contributed by atoms with Crippen LogP contribution in [0.3, 0.4) is 0 Å². The third kappa shape index (κ3) is 15.0. The van der Waals surface area contributed by atoms with Crippen LogP contribution >= 0.6 is 7.26 Å². The van der Waals surface area contributed by atoms with Crippen molar-refractivity contribution in [1.29, 1.82) is 0 Å². The molecule has 0 aliphatic heterocycles. The van der Waals surface area contributed by atoms with Crippen LogP contribution in [0, 0.1) is 0 Å². The molecule has 0 atom stereocenters. The summed E-state index contributed by atoms with van der Waals surface area (Å²) in [4.78, 5) is 0. The Balaban J connectivity index is 3.86. The van der Waals surface area contributed by atoms with Crippen molar-refractivity contribution in [2.45, 2.75) is 117 Å². The van der Waals surface area contributed by atoms with E-state index in [2.05, 4.69) is 33.4 Å². The number of hydrogen-bond donors (Lipinski definition) is 0. The summed E-state index contributed by atoms with van der Waals surface area (Å²) in [7, 11) is -1.05. The smallest absolute Gasteiger partial charge is 0.0654 e. The summed E-state index contributed by atoms with van der Waals surface area (Å²) >= 11 is 0. The number of unbranched alkanes of at least 4 members (excludes halogenated alkanes) is 12. The van der Waals surface area contributed by atoms with E-state index in [4.69, 9.17) is 0 Å². The van der Waals surface area contributed by atoms with E-state index in [0.29, 0.717) is 0 Å². The minimum absolute atomic E-state index is 1.05. The molecule has 0 saturated heterocycles.